The Bertz CT molecular complexity index is 22.4. The Hall–Kier alpha value is 1.51. The summed E-state index contributed by atoms with van der Waals surface area (Å²) in [6.45, 7) is 0. The summed E-state index contributed by atoms with van der Waals surface area (Å²) in [5, 5.41) is 0. The fourth-order valence-corrected chi connectivity index (χ4v) is 0. The van der Waals surface area contributed by atoms with Gasteiger partial charge in [0.25, 0.3) is 0 Å². The van der Waals surface area contributed by atoms with Crippen molar-refractivity contribution in [2.75, 3.05) is 0 Å². The Morgan fingerprint density at radius 1 is 1.20 bits per heavy atom. The van der Waals surface area contributed by atoms with Gasteiger partial charge in [0.1, 0.15) is 0 Å². The van der Waals surface area contributed by atoms with E-state index in [1.807, 2.05) is 0 Å². The van der Waals surface area contributed by atoms with Gasteiger partial charge in [0, 0.05) is 0 Å². The maximum atomic E-state index is 5.14. The number of rotatable bonds is 0. The number of halogens is 3. The molecule has 0 fully saturated rings. The predicted octanol–water partition coefficient (Wildman–Crippen LogP) is 0.947. The summed E-state index contributed by atoms with van der Waals surface area (Å²) in [5.74, 6) is 0. The van der Waals surface area contributed by atoms with Crippen LogP contribution in [-0.2, 0) is 0 Å². The van der Waals surface area contributed by atoms with E-state index in [0.717, 1.165) is 0 Å². The molecule has 0 atom stereocenters. The molecule has 0 amide bonds. The Balaban J connectivity index is 3.02. The summed E-state index contributed by atoms with van der Waals surface area (Å²) >= 11 is 15.7. The molecule has 30 valence electrons. The van der Waals surface area contributed by atoms with Crippen molar-refractivity contribution in [1.82, 2.24) is 0 Å². The van der Waals surface area contributed by atoms with E-state index in [4.69, 9.17) is 34.8 Å². The zero-order valence-corrected chi connectivity index (χ0v) is 9.10. The molecule has 0 spiro atoms. The summed E-state index contributed by atoms with van der Waals surface area (Å²) in [6, 6.07) is 0. The minimum absolute atomic E-state index is 0.296. The van der Waals surface area contributed by atoms with Crippen molar-refractivity contribution in [1.29, 1.82) is 0 Å². The molecule has 0 aromatic heterocycles. The minimum atomic E-state index is -0.896. The van der Waals surface area contributed by atoms with E-state index in [9.17, 15) is 0 Å². The Morgan fingerprint density at radius 3 is 1.20 bits per heavy atom. The molecule has 0 saturated heterocycles. The average Bonchev–Trinajstić information content (AvgIpc) is 0.722. The molecule has 0 nitrogen and oxygen atoms in total. The molecule has 0 radical (unpaired) electrons. The molecule has 0 aromatic carbocycles. The van der Waals surface area contributed by atoms with Crippen LogP contribution in [0.2, 0.25) is 0 Å². The van der Waals surface area contributed by atoms with Gasteiger partial charge >= 0.3 is 55.7 Å². The molecule has 0 heterocycles. The van der Waals surface area contributed by atoms with E-state index < -0.39 is 2.35 Å². The van der Waals surface area contributed by atoms with Gasteiger partial charge in [-0.25, -0.2) is 0 Å². The number of hydrogen-bond acceptors (Lipinski definition) is 0. The van der Waals surface area contributed by atoms with E-state index in [1.165, 1.54) is 0 Å². The zero-order valence-electron chi connectivity index (χ0n) is 2.63. The second-order valence-corrected chi connectivity index (χ2v) is 10.8. The third kappa shape index (κ3) is 29.8. The molecule has 0 saturated carbocycles. The van der Waals surface area contributed by atoms with Crippen LogP contribution in [0.3, 0.4) is 0 Å². The first-order chi connectivity index (χ1) is 2.00. The van der Waals surface area contributed by atoms with Gasteiger partial charge in [-0.15, -0.1) is 0 Å². The van der Waals surface area contributed by atoms with Crippen molar-refractivity contribution < 1.29 is 0 Å². The Morgan fingerprint density at radius 2 is 1.20 bits per heavy atom. The van der Waals surface area contributed by atoms with Crippen molar-refractivity contribution in [3.05, 3.63) is 0 Å². The summed E-state index contributed by atoms with van der Waals surface area (Å²) < 4.78 is -0.896. The van der Waals surface area contributed by atoms with Crippen LogP contribution in [0.15, 0.2) is 0 Å². The van der Waals surface area contributed by atoms with Crippen LogP contribution in [0.4, 0.5) is 0 Å². The van der Waals surface area contributed by atoms with Gasteiger partial charge in [-0.1, -0.05) is 0 Å². The van der Waals surface area contributed by atoms with Crippen molar-refractivity contribution in [3.8, 4) is 0 Å². The first-order valence-electron chi connectivity index (χ1n) is 1.07. The van der Waals surface area contributed by atoms with Crippen molar-refractivity contribution in [2.24, 2.45) is 0 Å². The molecule has 0 aliphatic heterocycles. The molecule has 0 aliphatic rings. The molecular weight excluding hydrogens is 188 g/mol. The molecule has 0 aromatic rings. The van der Waals surface area contributed by atoms with Gasteiger partial charge in [-0.2, -0.15) is 0 Å². The molecule has 0 N–H and O–H groups in total. The Kier molecular flexibility index (Phi) is 2.58. The average molecular weight is 190 g/mol. The van der Waals surface area contributed by atoms with Crippen LogP contribution >= 0.6 is 34.8 Å². The number of hydrogen-bond donors (Lipinski definition) is 0. The van der Waals surface area contributed by atoms with Crippen LogP contribution in [0, 0.1) is 0 Å². The van der Waals surface area contributed by atoms with Crippen LogP contribution in [0.1, 0.15) is 0 Å². The van der Waals surface area contributed by atoms with Crippen molar-refractivity contribution in [3.63, 3.8) is 0 Å². The standard InChI is InChI=1S/CCl3.Ga.2H/c2-1(3)4;;;. The summed E-state index contributed by atoms with van der Waals surface area (Å²) in [4.78, 5) is 0. The van der Waals surface area contributed by atoms with Crippen molar-refractivity contribution >= 4 is 53.4 Å². The van der Waals surface area contributed by atoms with Crippen LogP contribution < -0.4 is 0 Å². The van der Waals surface area contributed by atoms with Crippen LogP contribution in [-0.4, -0.2) is 20.9 Å². The normalized spacial score (nSPS) is 11.8. The summed E-state index contributed by atoms with van der Waals surface area (Å²) in [7, 11) is 0. The predicted molar refractivity (Wildman–Crippen MR) is 28.8 cm³/mol. The Labute approximate surface area is 55.7 Å². The van der Waals surface area contributed by atoms with Gasteiger partial charge < -0.3 is 0 Å². The van der Waals surface area contributed by atoms with E-state index in [1.54, 1.807) is 0 Å². The molecule has 0 aliphatic carbocycles. The summed E-state index contributed by atoms with van der Waals surface area (Å²) in [5.41, 5.74) is 0. The third-order valence-corrected chi connectivity index (χ3v) is 0. The van der Waals surface area contributed by atoms with E-state index >= 15 is 0 Å². The second kappa shape index (κ2) is 1.98. The molecule has 0 rings (SSSR count). The van der Waals surface area contributed by atoms with Crippen LogP contribution in [0.5, 0.6) is 0 Å². The SMILES string of the molecule is Cl[C](Cl)(Cl)[GaH2]. The van der Waals surface area contributed by atoms with Gasteiger partial charge in [0.15, 0.2) is 0 Å². The topological polar surface area (TPSA) is 0 Å². The van der Waals surface area contributed by atoms with Gasteiger partial charge in [-0.3, -0.25) is 0 Å². The first kappa shape index (κ1) is 6.51. The molecular formula is CH2Cl3Ga. The molecule has 5 heavy (non-hydrogen) atoms. The molecule has 0 bridgehead atoms. The van der Waals surface area contributed by atoms with Crippen molar-refractivity contribution in [2.45, 2.75) is 2.35 Å². The van der Waals surface area contributed by atoms with E-state index in [0.29, 0.717) is 18.6 Å². The molecule has 0 unspecified atom stereocenters. The van der Waals surface area contributed by atoms with Crippen LogP contribution in [0.25, 0.3) is 0 Å². The zero-order chi connectivity index (χ0) is 4.50. The van der Waals surface area contributed by atoms with Gasteiger partial charge in [0.05, 0.1) is 0 Å². The summed E-state index contributed by atoms with van der Waals surface area (Å²) in [6.07, 6.45) is 0. The monoisotopic (exact) mass is 188 g/mol. The molecule has 4 heteroatoms. The first-order valence-corrected chi connectivity index (χ1v) is 4.30. The quantitative estimate of drug-likeness (QED) is 0.394. The fraction of sp³-hybridized carbons (Fsp3) is 1.00. The second-order valence-electron chi connectivity index (χ2n) is 0.781. The third-order valence-electron chi connectivity index (χ3n) is 0. The fourth-order valence-electron chi connectivity index (χ4n) is 0. The maximum absolute atomic E-state index is 5.14. The van der Waals surface area contributed by atoms with E-state index in [2.05, 4.69) is 0 Å². The van der Waals surface area contributed by atoms with E-state index in [-0.39, 0.29) is 0 Å². The number of alkyl halides is 3. The van der Waals surface area contributed by atoms with Gasteiger partial charge in [-0.05, 0) is 0 Å². The van der Waals surface area contributed by atoms with Gasteiger partial charge in [0.2, 0.25) is 0 Å².